The van der Waals surface area contributed by atoms with Crippen LogP contribution >= 0.6 is 0 Å². The minimum atomic E-state index is -1.16. The van der Waals surface area contributed by atoms with E-state index >= 15 is 0 Å². The average Bonchev–Trinajstić information content (AvgIpc) is 3.36. The molecule has 4 rings (SSSR count). The molecule has 4 heterocycles. The second kappa shape index (κ2) is 6.52. The van der Waals surface area contributed by atoms with Crippen molar-refractivity contribution in [1.29, 1.82) is 0 Å². The van der Waals surface area contributed by atoms with Crippen molar-refractivity contribution in [2.24, 2.45) is 0 Å². The second-order valence-electron chi connectivity index (χ2n) is 5.81. The van der Waals surface area contributed by atoms with Crippen LogP contribution in [0.25, 0.3) is 11.3 Å². The van der Waals surface area contributed by atoms with Crippen molar-refractivity contribution in [3.8, 4) is 11.3 Å². The zero-order chi connectivity index (χ0) is 17.2. The van der Waals surface area contributed by atoms with Crippen LogP contribution in [0.15, 0.2) is 33.6 Å². The van der Waals surface area contributed by atoms with Crippen molar-refractivity contribution >= 4 is 5.97 Å². The van der Waals surface area contributed by atoms with Crippen LogP contribution in [0.3, 0.4) is 0 Å². The first-order chi connectivity index (χ1) is 12.2. The topological polar surface area (TPSA) is 116 Å². The van der Waals surface area contributed by atoms with Gasteiger partial charge in [-0.25, -0.2) is 14.5 Å². The van der Waals surface area contributed by atoms with E-state index < -0.39 is 5.97 Å². The summed E-state index contributed by atoms with van der Waals surface area (Å²) in [6, 6.07) is 1.76. The minimum Gasteiger partial charge on any atom is -0.475 e. The number of aromatic nitrogens is 4. The Morgan fingerprint density at radius 1 is 1.36 bits per heavy atom. The van der Waals surface area contributed by atoms with Crippen LogP contribution < -0.4 is 0 Å². The molecule has 3 aromatic rings. The number of oxazole rings is 1. The molecule has 0 aromatic carbocycles. The van der Waals surface area contributed by atoms with Crippen molar-refractivity contribution in [3.63, 3.8) is 0 Å². The van der Waals surface area contributed by atoms with Gasteiger partial charge in [0.1, 0.15) is 17.7 Å². The first kappa shape index (κ1) is 15.6. The number of ether oxygens (including phenoxy) is 1. The summed E-state index contributed by atoms with van der Waals surface area (Å²) in [5.74, 6) is -0.584. The van der Waals surface area contributed by atoms with Gasteiger partial charge in [-0.1, -0.05) is 5.16 Å². The monoisotopic (exact) mass is 344 g/mol. The minimum absolute atomic E-state index is 0.0318. The fraction of sp³-hybridized carbons (Fsp3) is 0.375. The first-order valence-corrected chi connectivity index (χ1v) is 7.99. The zero-order valence-corrected chi connectivity index (χ0v) is 13.3. The van der Waals surface area contributed by atoms with E-state index in [0.29, 0.717) is 11.5 Å². The molecule has 0 spiro atoms. The summed E-state index contributed by atoms with van der Waals surface area (Å²) in [6.45, 7) is 0.752. The van der Waals surface area contributed by atoms with E-state index in [4.69, 9.17) is 18.8 Å². The van der Waals surface area contributed by atoms with Gasteiger partial charge in [0.15, 0.2) is 0 Å². The van der Waals surface area contributed by atoms with Crippen LogP contribution in [0.1, 0.15) is 47.7 Å². The fourth-order valence-corrected chi connectivity index (χ4v) is 2.73. The molecule has 1 aliphatic heterocycles. The largest absolute Gasteiger partial charge is 0.475 e. The molecule has 0 bridgehead atoms. The lowest BCUT2D eigenvalue weighted by atomic mass is 10.2. The van der Waals surface area contributed by atoms with Gasteiger partial charge in [0.05, 0.1) is 18.8 Å². The maximum atomic E-state index is 10.8. The summed E-state index contributed by atoms with van der Waals surface area (Å²) in [5.41, 5.74) is 1.46. The lowest BCUT2D eigenvalue weighted by Crippen LogP contribution is -2.18. The lowest BCUT2D eigenvalue weighted by Gasteiger charge is -2.22. The van der Waals surface area contributed by atoms with E-state index in [1.807, 2.05) is 6.20 Å². The SMILES string of the molecule is O=C(O)c1cnc(Cc2cc(-c3cnn(C4CCCCO4)c3)no2)o1. The number of carboxylic acid groups (broad SMARTS) is 1. The predicted molar refractivity (Wildman–Crippen MR) is 82.8 cm³/mol. The van der Waals surface area contributed by atoms with Crippen molar-refractivity contribution < 1.29 is 23.6 Å². The van der Waals surface area contributed by atoms with Crippen LogP contribution in [0.2, 0.25) is 0 Å². The molecule has 1 atom stereocenters. The van der Waals surface area contributed by atoms with Gasteiger partial charge in [-0.15, -0.1) is 0 Å². The predicted octanol–water partition coefficient (Wildman–Crippen LogP) is 2.51. The molecule has 1 fully saturated rings. The molecule has 1 aliphatic rings. The van der Waals surface area contributed by atoms with E-state index in [-0.39, 0.29) is 24.3 Å². The number of hydrogen-bond acceptors (Lipinski definition) is 7. The van der Waals surface area contributed by atoms with Crippen LogP contribution in [0, 0.1) is 0 Å². The Hall–Kier alpha value is -2.94. The van der Waals surface area contributed by atoms with Gasteiger partial charge in [0.25, 0.3) is 0 Å². The summed E-state index contributed by atoms with van der Waals surface area (Å²) in [5, 5.41) is 17.2. The number of carbonyl (C=O) groups is 1. The Kier molecular flexibility index (Phi) is 4.06. The molecule has 0 amide bonds. The molecule has 0 aliphatic carbocycles. The van der Waals surface area contributed by atoms with Gasteiger partial charge < -0.3 is 18.8 Å². The Labute approximate surface area is 142 Å². The third-order valence-electron chi connectivity index (χ3n) is 4.00. The highest BCUT2D eigenvalue weighted by Gasteiger charge is 2.18. The Bertz CT molecular complexity index is 875. The number of carboxylic acids is 1. The second-order valence-corrected chi connectivity index (χ2v) is 5.81. The average molecular weight is 344 g/mol. The zero-order valence-electron chi connectivity index (χ0n) is 13.3. The Balaban J connectivity index is 1.47. The standard InChI is InChI=1S/C16H16N4O5/c21-16(22)13-8-17-14(24-13)6-11-5-12(19-25-11)10-7-18-20(9-10)15-3-1-2-4-23-15/h5,7-9,15H,1-4,6H2,(H,21,22). The van der Waals surface area contributed by atoms with E-state index in [2.05, 4.69) is 15.2 Å². The molecule has 1 unspecified atom stereocenters. The molecule has 25 heavy (non-hydrogen) atoms. The number of nitrogens with zero attached hydrogens (tertiary/aromatic N) is 4. The molecule has 3 aromatic heterocycles. The molecule has 0 saturated carbocycles. The summed E-state index contributed by atoms with van der Waals surface area (Å²) < 4.78 is 17.9. The smallest absolute Gasteiger partial charge is 0.373 e. The Morgan fingerprint density at radius 2 is 2.28 bits per heavy atom. The summed E-state index contributed by atoms with van der Waals surface area (Å²) in [6.07, 6.45) is 8.11. The lowest BCUT2D eigenvalue weighted by molar-refractivity contribution is -0.0394. The summed E-state index contributed by atoms with van der Waals surface area (Å²) >= 11 is 0. The van der Waals surface area contributed by atoms with E-state index in [9.17, 15) is 4.79 Å². The molecular formula is C16H16N4O5. The molecule has 0 radical (unpaired) electrons. The Morgan fingerprint density at radius 3 is 3.04 bits per heavy atom. The van der Waals surface area contributed by atoms with Gasteiger partial charge in [0, 0.05) is 24.4 Å². The van der Waals surface area contributed by atoms with Crippen molar-refractivity contribution in [2.75, 3.05) is 6.61 Å². The highest BCUT2D eigenvalue weighted by Crippen LogP contribution is 2.25. The maximum absolute atomic E-state index is 10.8. The summed E-state index contributed by atoms with van der Waals surface area (Å²) in [7, 11) is 0. The number of rotatable bonds is 5. The van der Waals surface area contributed by atoms with Crippen LogP contribution in [-0.2, 0) is 11.2 Å². The third-order valence-corrected chi connectivity index (χ3v) is 4.00. The fourth-order valence-electron chi connectivity index (χ4n) is 2.73. The van der Waals surface area contributed by atoms with Crippen molar-refractivity contribution in [3.05, 3.63) is 42.1 Å². The van der Waals surface area contributed by atoms with Gasteiger partial charge in [-0.05, 0) is 19.3 Å². The normalized spacial score (nSPS) is 17.7. The molecule has 1 N–H and O–H groups in total. The van der Waals surface area contributed by atoms with Crippen molar-refractivity contribution in [2.45, 2.75) is 31.9 Å². The van der Waals surface area contributed by atoms with Crippen LogP contribution in [0.4, 0.5) is 0 Å². The molecular weight excluding hydrogens is 328 g/mol. The van der Waals surface area contributed by atoms with Crippen LogP contribution in [0.5, 0.6) is 0 Å². The van der Waals surface area contributed by atoms with Gasteiger partial charge in [0.2, 0.25) is 11.7 Å². The quantitative estimate of drug-likeness (QED) is 0.750. The number of hydrogen-bond donors (Lipinski definition) is 1. The maximum Gasteiger partial charge on any atom is 0.373 e. The first-order valence-electron chi connectivity index (χ1n) is 7.99. The molecule has 9 nitrogen and oxygen atoms in total. The summed E-state index contributed by atoms with van der Waals surface area (Å²) in [4.78, 5) is 14.7. The van der Waals surface area contributed by atoms with Gasteiger partial charge in [-0.3, -0.25) is 0 Å². The number of aromatic carboxylic acids is 1. The van der Waals surface area contributed by atoms with Gasteiger partial charge >= 0.3 is 5.97 Å². The highest BCUT2D eigenvalue weighted by atomic mass is 16.5. The molecule has 9 heteroatoms. The van der Waals surface area contributed by atoms with E-state index in [1.165, 1.54) is 6.20 Å². The van der Waals surface area contributed by atoms with E-state index in [0.717, 1.165) is 31.4 Å². The van der Waals surface area contributed by atoms with Crippen LogP contribution in [-0.4, -0.2) is 37.6 Å². The molecule has 130 valence electrons. The highest BCUT2D eigenvalue weighted by molar-refractivity contribution is 5.83. The third kappa shape index (κ3) is 3.31. The molecule has 1 saturated heterocycles. The van der Waals surface area contributed by atoms with Gasteiger partial charge in [-0.2, -0.15) is 5.10 Å². The van der Waals surface area contributed by atoms with E-state index in [1.54, 1.807) is 16.9 Å². The van der Waals surface area contributed by atoms with Crippen molar-refractivity contribution in [1.82, 2.24) is 19.9 Å².